The Hall–Kier alpha value is -2.45. The minimum Gasteiger partial charge on any atom is -0.394 e. The number of carbonyl (C=O) groups excluding carboxylic acids is 3. The molecule has 3 amide bonds. The number of benzene rings is 1. The highest BCUT2D eigenvalue weighted by Crippen LogP contribution is 2.64. The van der Waals surface area contributed by atoms with E-state index in [0.29, 0.717) is 25.8 Å². The number of nitrogens with one attached hydrogen (secondary N) is 2. The number of carbonyl (C=O) groups is 3. The van der Waals surface area contributed by atoms with Gasteiger partial charge in [-0.1, -0.05) is 56.5 Å². The van der Waals surface area contributed by atoms with E-state index in [4.69, 9.17) is 4.74 Å². The van der Waals surface area contributed by atoms with Crippen molar-refractivity contribution in [3.63, 3.8) is 0 Å². The SMILES string of the molecule is CC[C@]12CCC3(O1)C(C(=O)NC1CCCCC1)N([C@H](C)CO)C(=O)[C@@H]3[C@H]2C(=O)NCc1ccccc1. The van der Waals surface area contributed by atoms with E-state index in [2.05, 4.69) is 10.6 Å². The first kappa shape index (κ1) is 25.2. The number of hydrogen-bond donors (Lipinski definition) is 3. The van der Waals surface area contributed by atoms with Crippen molar-refractivity contribution in [2.75, 3.05) is 6.61 Å². The van der Waals surface area contributed by atoms with Crippen LogP contribution in [0.5, 0.6) is 0 Å². The van der Waals surface area contributed by atoms with Crippen molar-refractivity contribution in [3.8, 4) is 0 Å². The van der Waals surface area contributed by atoms with Crippen LogP contribution in [0.25, 0.3) is 0 Å². The summed E-state index contributed by atoms with van der Waals surface area (Å²) in [4.78, 5) is 43.0. The summed E-state index contributed by atoms with van der Waals surface area (Å²) in [5.41, 5.74) is -0.837. The number of rotatable bonds is 8. The molecule has 1 aromatic carbocycles. The number of fused-ring (bicyclic) bond motifs is 1. The minimum atomic E-state index is -1.05. The van der Waals surface area contributed by atoms with Gasteiger partial charge in [0.05, 0.1) is 30.1 Å². The molecular weight excluding hydrogens is 458 g/mol. The number of likely N-dealkylation sites (tertiary alicyclic amines) is 1. The van der Waals surface area contributed by atoms with E-state index in [-0.39, 0.29) is 30.4 Å². The van der Waals surface area contributed by atoms with Crippen LogP contribution >= 0.6 is 0 Å². The second-order valence-electron chi connectivity index (χ2n) is 11.2. The Balaban J connectivity index is 1.46. The van der Waals surface area contributed by atoms with Crippen LogP contribution in [0.4, 0.5) is 0 Å². The Morgan fingerprint density at radius 3 is 2.53 bits per heavy atom. The van der Waals surface area contributed by atoms with E-state index in [1.54, 1.807) is 6.92 Å². The van der Waals surface area contributed by atoms with Crippen LogP contribution in [0.2, 0.25) is 0 Å². The molecule has 1 spiro atoms. The summed E-state index contributed by atoms with van der Waals surface area (Å²) >= 11 is 0. The zero-order valence-electron chi connectivity index (χ0n) is 21.4. The number of ether oxygens (including phenoxy) is 1. The van der Waals surface area contributed by atoms with Crippen LogP contribution in [0.15, 0.2) is 30.3 Å². The zero-order valence-corrected chi connectivity index (χ0v) is 21.4. The van der Waals surface area contributed by atoms with Crippen LogP contribution in [-0.4, -0.2) is 63.7 Å². The average molecular weight is 498 g/mol. The molecule has 2 bridgehead atoms. The molecule has 36 heavy (non-hydrogen) atoms. The van der Waals surface area contributed by atoms with Gasteiger partial charge in [0, 0.05) is 12.6 Å². The maximum atomic E-state index is 14.0. The van der Waals surface area contributed by atoms with Gasteiger partial charge in [0.25, 0.3) is 0 Å². The quantitative estimate of drug-likeness (QED) is 0.511. The molecule has 0 aromatic heterocycles. The van der Waals surface area contributed by atoms with Gasteiger partial charge in [-0.05, 0) is 44.6 Å². The van der Waals surface area contributed by atoms with Crippen molar-refractivity contribution in [2.45, 2.75) is 101 Å². The highest BCUT2D eigenvalue weighted by atomic mass is 16.5. The first-order chi connectivity index (χ1) is 17.4. The van der Waals surface area contributed by atoms with E-state index in [1.807, 2.05) is 37.3 Å². The van der Waals surface area contributed by atoms with Crippen LogP contribution in [0, 0.1) is 11.8 Å². The standard InChI is InChI=1S/C28H39N3O5/c1-3-27-14-15-28(36-27)22(21(27)24(33)29-16-19-10-6-4-7-11-19)26(35)31(18(2)17-32)23(28)25(34)30-20-12-8-5-9-13-20/h4,6-7,10-11,18,20-23,32H,3,5,8-9,12-17H2,1-2H3,(H,29,33)(H,30,34)/t18-,21+,22+,23?,27-,28?/m1/s1. The summed E-state index contributed by atoms with van der Waals surface area (Å²) in [7, 11) is 0. The molecule has 4 aliphatic rings. The second kappa shape index (κ2) is 9.78. The molecule has 8 nitrogen and oxygen atoms in total. The fraction of sp³-hybridized carbons (Fsp3) is 0.679. The molecule has 3 saturated heterocycles. The van der Waals surface area contributed by atoms with Crippen molar-refractivity contribution >= 4 is 17.7 Å². The van der Waals surface area contributed by atoms with Crippen molar-refractivity contribution in [1.82, 2.24) is 15.5 Å². The Kier molecular flexibility index (Phi) is 6.85. The average Bonchev–Trinajstić information content (AvgIpc) is 3.51. The number of aliphatic hydroxyl groups excluding tert-OH is 1. The molecule has 1 aliphatic carbocycles. The van der Waals surface area contributed by atoms with Crippen LogP contribution < -0.4 is 10.6 Å². The molecule has 196 valence electrons. The third-order valence-corrected chi connectivity index (χ3v) is 9.15. The number of aliphatic hydroxyl groups is 1. The molecule has 1 saturated carbocycles. The molecule has 1 aromatic rings. The van der Waals surface area contributed by atoms with E-state index in [0.717, 1.165) is 31.2 Å². The molecule has 8 heteroatoms. The minimum absolute atomic E-state index is 0.0896. The molecule has 0 radical (unpaired) electrons. The van der Waals surface area contributed by atoms with E-state index < -0.39 is 35.1 Å². The van der Waals surface area contributed by atoms with Crippen molar-refractivity contribution in [1.29, 1.82) is 0 Å². The first-order valence-electron chi connectivity index (χ1n) is 13.6. The first-order valence-corrected chi connectivity index (χ1v) is 13.6. The summed E-state index contributed by atoms with van der Waals surface area (Å²) in [5, 5.41) is 16.3. The normalized spacial score (nSPS) is 34.5. The maximum Gasteiger partial charge on any atom is 0.246 e. The summed E-state index contributed by atoms with van der Waals surface area (Å²) in [5.74, 6) is -2.08. The molecule has 3 heterocycles. The highest BCUT2D eigenvalue weighted by molar-refractivity contribution is 5.99. The van der Waals surface area contributed by atoms with Gasteiger partial charge in [0.1, 0.15) is 11.6 Å². The summed E-state index contributed by atoms with van der Waals surface area (Å²) in [6.07, 6.45) is 6.98. The van der Waals surface area contributed by atoms with E-state index in [9.17, 15) is 19.5 Å². The summed E-state index contributed by atoms with van der Waals surface area (Å²) in [6.45, 7) is 3.86. The third-order valence-electron chi connectivity index (χ3n) is 9.15. The Morgan fingerprint density at radius 1 is 1.14 bits per heavy atom. The zero-order chi connectivity index (χ0) is 25.5. The number of nitrogens with zero attached hydrogens (tertiary/aromatic N) is 1. The number of amides is 3. The van der Waals surface area contributed by atoms with Gasteiger partial charge in [0.2, 0.25) is 17.7 Å². The summed E-state index contributed by atoms with van der Waals surface area (Å²) < 4.78 is 6.76. The fourth-order valence-electron chi connectivity index (χ4n) is 7.34. The van der Waals surface area contributed by atoms with Gasteiger partial charge in [-0.3, -0.25) is 14.4 Å². The third kappa shape index (κ3) is 3.93. The lowest BCUT2D eigenvalue weighted by molar-refractivity contribution is -0.151. The molecule has 2 unspecified atom stereocenters. The molecular formula is C28H39N3O5. The smallest absolute Gasteiger partial charge is 0.246 e. The monoisotopic (exact) mass is 497 g/mol. The van der Waals surface area contributed by atoms with Gasteiger partial charge < -0.3 is 25.4 Å². The molecule has 6 atom stereocenters. The largest absolute Gasteiger partial charge is 0.394 e. The molecule has 3 aliphatic heterocycles. The topological polar surface area (TPSA) is 108 Å². The van der Waals surface area contributed by atoms with Crippen molar-refractivity contribution in [3.05, 3.63) is 35.9 Å². The van der Waals surface area contributed by atoms with Crippen LogP contribution in [-0.2, 0) is 25.7 Å². The van der Waals surface area contributed by atoms with Crippen LogP contribution in [0.1, 0.15) is 70.8 Å². The number of hydrogen-bond acceptors (Lipinski definition) is 5. The lowest BCUT2D eigenvalue weighted by atomic mass is 9.65. The Labute approximate surface area is 213 Å². The molecule has 3 N–H and O–H groups in total. The van der Waals surface area contributed by atoms with Gasteiger partial charge in [0.15, 0.2) is 0 Å². The van der Waals surface area contributed by atoms with Gasteiger partial charge in [-0.2, -0.15) is 0 Å². The summed E-state index contributed by atoms with van der Waals surface area (Å²) in [6, 6.07) is 8.37. The predicted molar refractivity (Wildman–Crippen MR) is 134 cm³/mol. The van der Waals surface area contributed by atoms with E-state index >= 15 is 0 Å². The lowest BCUT2D eigenvalue weighted by Gasteiger charge is -2.37. The highest BCUT2D eigenvalue weighted by Gasteiger charge is 2.78. The van der Waals surface area contributed by atoms with Crippen LogP contribution in [0.3, 0.4) is 0 Å². The second-order valence-corrected chi connectivity index (χ2v) is 11.2. The van der Waals surface area contributed by atoms with Gasteiger partial charge in [-0.15, -0.1) is 0 Å². The van der Waals surface area contributed by atoms with Gasteiger partial charge >= 0.3 is 0 Å². The van der Waals surface area contributed by atoms with Gasteiger partial charge in [-0.25, -0.2) is 0 Å². The lowest BCUT2D eigenvalue weighted by Crippen LogP contribution is -2.59. The molecule has 5 rings (SSSR count). The van der Waals surface area contributed by atoms with Crippen molar-refractivity contribution in [2.24, 2.45) is 11.8 Å². The predicted octanol–water partition coefficient (Wildman–Crippen LogP) is 2.29. The Morgan fingerprint density at radius 2 is 1.86 bits per heavy atom. The van der Waals surface area contributed by atoms with E-state index in [1.165, 1.54) is 11.3 Å². The Bertz CT molecular complexity index is 996. The maximum absolute atomic E-state index is 14.0. The molecule has 4 fully saturated rings. The fourth-order valence-corrected chi connectivity index (χ4v) is 7.34. The van der Waals surface area contributed by atoms with Crippen molar-refractivity contribution < 1.29 is 24.2 Å².